The van der Waals surface area contributed by atoms with Gasteiger partial charge in [-0.05, 0) is 69.2 Å². The molecule has 2 amide bonds. The lowest BCUT2D eigenvalue weighted by Crippen LogP contribution is -2.59. The fraction of sp³-hybridized carbons (Fsp3) is 0.682. The summed E-state index contributed by atoms with van der Waals surface area (Å²) in [6.45, 7) is 2.10. The third-order valence-corrected chi connectivity index (χ3v) is 7.58. The van der Waals surface area contributed by atoms with Crippen molar-refractivity contribution in [1.29, 1.82) is 0 Å². The van der Waals surface area contributed by atoms with E-state index in [4.69, 9.17) is 0 Å². The molecule has 1 aromatic carbocycles. The van der Waals surface area contributed by atoms with E-state index in [0.717, 1.165) is 31.6 Å². The zero-order valence-corrected chi connectivity index (χ0v) is 16.6. The predicted molar refractivity (Wildman–Crippen MR) is 108 cm³/mol. The standard InChI is InChI=1S/C22H32N4O/c1-25(2)21(27)26-19-6-4-3-5-18(19)22(9-11-23-12-10-22)20(26)15-13-16-7-8-17(14-15)24-16/h3-6,15-17,20,23-24H,7-14H2,1-2H3. The van der Waals surface area contributed by atoms with Gasteiger partial charge in [-0.3, -0.25) is 4.90 Å². The number of urea groups is 1. The molecule has 0 aromatic heterocycles. The molecule has 3 fully saturated rings. The molecule has 1 spiro atoms. The molecule has 27 heavy (non-hydrogen) atoms. The molecule has 4 aliphatic rings. The SMILES string of the molecule is CN(C)C(=O)N1c2ccccc2C2(CCNCC2)C1C1CC2CCC(C1)N2. The van der Waals surface area contributed by atoms with E-state index < -0.39 is 0 Å². The number of nitrogens with one attached hydrogen (secondary N) is 2. The molecule has 3 atom stereocenters. The third-order valence-electron chi connectivity index (χ3n) is 7.58. The van der Waals surface area contributed by atoms with Gasteiger partial charge in [0.05, 0.1) is 6.04 Å². The molecular formula is C22H32N4O. The van der Waals surface area contributed by atoms with Gasteiger partial charge in [0.25, 0.3) is 0 Å². The average Bonchev–Trinajstić information content (AvgIpc) is 3.16. The van der Waals surface area contributed by atoms with E-state index >= 15 is 0 Å². The molecule has 2 N–H and O–H groups in total. The van der Waals surface area contributed by atoms with Crippen LogP contribution in [0.4, 0.5) is 10.5 Å². The zero-order chi connectivity index (χ0) is 18.6. The first-order valence-electron chi connectivity index (χ1n) is 10.7. The molecule has 146 valence electrons. The van der Waals surface area contributed by atoms with Crippen molar-refractivity contribution in [2.75, 3.05) is 32.1 Å². The fourth-order valence-corrected chi connectivity index (χ4v) is 6.56. The maximum Gasteiger partial charge on any atom is 0.324 e. The van der Waals surface area contributed by atoms with Gasteiger partial charge in [-0.1, -0.05) is 18.2 Å². The number of benzene rings is 1. The average molecular weight is 369 g/mol. The lowest BCUT2D eigenvalue weighted by molar-refractivity contribution is 0.158. The second kappa shape index (κ2) is 6.49. The Morgan fingerprint density at radius 2 is 1.78 bits per heavy atom. The van der Waals surface area contributed by atoms with E-state index in [2.05, 4.69) is 39.8 Å². The summed E-state index contributed by atoms with van der Waals surface area (Å²) in [5.74, 6) is 0.582. The fourth-order valence-electron chi connectivity index (χ4n) is 6.56. The predicted octanol–water partition coefficient (Wildman–Crippen LogP) is 2.71. The van der Waals surface area contributed by atoms with Crippen molar-refractivity contribution in [1.82, 2.24) is 15.5 Å². The van der Waals surface area contributed by atoms with Gasteiger partial charge in [0.2, 0.25) is 0 Å². The van der Waals surface area contributed by atoms with Gasteiger partial charge < -0.3 is 15.5 Å². The monoisotopic (exact) mass is 368 g/mol. The number of carbonyl (C=O) groups is 1. The normalized spacial score (nSPS) is 33.9. The third kappa shape index (κ3) is 2.62. The summed E-state index contributed by atoms with van der Waals surface area (Å²) in [7, 11) is 3.78. The number of anilines is 1. The molecule has 4 aliphatic heterocycles. The van der Waals surface area contributed by atoms with Gasteiger partial charge in [-0.25, -0.2) is 4.79 Å². The van der Waals surface area contributed by atoms with E-state index in [1.807, 2.05) is 14.1 Å². The maximum absolute atomic E-state index is 13.4. The van der Waals surface area contributed by atoms with Crippen LogP contribution in [0.3, 0.4) is 0 Å². The van der Waals surface area contributed by atoms with Crippen molar-refractivity contribution in [3.63, 3.8) is 0 Å². The first kappa shape index (κ1) is 17.5. The Labute approximate surface area is 162 Å². The Morgan fingerprint density at radius 3 is 2.44 bits per heavy atom. The van der Waals surface area contributed by atoms with Crippen LogP contribution in [0.5, 0.6) is 0 Å². The molecule has 0 saturated carbocycles. The molecule has 3 unspecified atom stereocenters. The van der Waals surface area contributed by atoms with Gasteiger partial charge in [0.15, 0.2) is 0 Å². The summed E-state index contributed by atoms with van der Waals surface area (Å²) in [6, 6.07) is 10.5. The molecule has 3 saturated heterocycles. The number of fused-ring (bicyclic) bond motifs is 4. The van der Waals surface area contributed by atoms with Crippen molar-refractivity contribution in [2.24, 2.45) is 5.92 Å². The highest BCUT2D eigenvalue weighted by molar-refractivity contribution is 5.96. The Balaban J connectivity index is 1.62. The van der Waals surface area contributed by atoms with Gasteiger partial charge >= 0.3 is 6.03 Å². The van der Waals surface area contributed by atoms with Crippen LogP contribution in [-0.4, -0.2) is 56.2 Å². The minimum atomic E-state index is 0.106. The smallest absolute Gasteiger partial charge is 0.324 e. The highest BCUT2D eigenvalue weighted by atomic mass is 16.2. The van der Waals surface area contributed by atoms with Crippen LogP contribution in [0.1, 0.15) is 44.1 Å². The number of carbonyl (C=O) groups excluding carboxylic acids is 1. The number of hydrogen-bond donors (Lipinski definition) is 2. The van der Waals surface area contributed by atoms with E-state index in [1.54, 1.807) is 4.90 Å². The summed E-state index contributed by atoms with van der Waals surface area (Å²) in [4.78, 5) is 17.3. The number of piperidine rings is 2. The van der Waals surface area contributed by atoms with Crippen molar-refractivity contribution in [3.8, 4) is 0 Å². The topological polar surface area (TPSA) is 47.6 Å². The van der Waals surface area contributed by atoms with Gasteiger partial charge in [-0.2, -0.15) is 0 Å². The van der Waals surface area contributed by atoms with Crippen LogP contribution in [0.25, 0.3) is 0 Å². The number of para-hydroxylation sites is 1. The van der Waals surface area contributed by atoms with E-state index in [9.17, 15) is 4.79 Å². The van der Waals surface area contributed by atoms with Crippen molar-refractivity contribution < 1.29 is 4.79 Å². The summed E-state index contributed by atoms with van der Waals surface area (Å²) >= 11 is 0. The van der Waals surface area contributed by atoms with E-state index in [1.165, 1.54) is 31.2 Å². The summed E-state index contributed by atoms with van der Waals surface area (Å²) < 4.78 is 0. The molecule has 0 radical (unpaired) electrons. The van der Waals surface area contributed by atoms with Crippen LogP contribution >= 0.6 is 0 Å². The highest BCUT2D eigenvalue weighted by Crippen LogP contribution is 2.55. The highest BCUT2D eigenvalue weighted by Gasteiger charge is 2.57. The first-order valence-corrected chi connectivity index (χ1v) is 10.7. The second-order valence-corrected chi connectivity index (χ2v) is 9.28. The zero-order valence-electron chi connectivity index (χ0n) is 16.6. The lowest BCUT2D eigenvalue weighted by atomic mass is 9.64. The van der Waals surface area contributed by atoms with Gasteiger partial charge in [-0.15, -0.1) is 0 Å². The molecular weight excluding hydrogens is 336 g/mol. The van der Waals surface area contributed by atoms with Gasteiger partial charge in [0.1, 0.15) is 0 Å². The molecule has 1 aromatic rings. The summed E-state index contributed by atoms with van der Waals surface area (Å²) in [5.41, 5.74) is 2.68. The van der Waals surface area contributed by atoms with E-state index in [-0.39, 0.29) is 17.5 Å². The lowest BCUT2D eigenvalue weighted by Gasteiger charge is -2.47. The number of rotatable bonds is 1. The number of hydrogen-bond acceptors (Lipinski definition) is 3. The minimum Gasteiger partial charge on any atom is -0.330 e. The molecule has 4 heterocycles. The van der Waals surface area contributed by atoms with E-state index in [0.29, 0.717) is 18.0 Å². The maximum atomic E-state index is 13.4. The molecule has 2 bridgehead atoms. The first-order chi connectivity index (χ1) is 13.1. The van der Waals surface area contributed by atoms with Crippen molar-refractivity contribution in [3.05, 3.63) is 29.8 Å². The molecule has 5 rings (SSSR count). The van der Waals surface area contributed by atoms with Gasteiger partial charge in [0, 0.05) is 37.3 Å². The molecule has 0 aliphatic carbocycles. The molecule has 5 heteroatoms. The number of nitrogens with zero attached hydrogens (tertiary/aromatic N) is 2. The summed E-state index contributed by atoms with van der Waals surface area (Å²) in [5, 5.41) is 7.36. The van der Waals surface area contributed by atoms with Crippen LogP contribution in [-0.2, 0) is 5.41 Å². The second-order valence-electron chi connectivity index (χ2n) is 9.28. The van der Waals surface area contributed by atoms with Crippen LogP contribution in [0.2, 0.25) is 0 Å². The van der Waals surface area contributed by atoms with Crippen LogP contribution < -0.4 is 15.5 Å². The largest absolute Gasteiger partial charge is 0.330 e. The Kier molecular flexibility index (Phi) is 4.21. The van der Waals surface area contributed by atoms with Crippen LogP contribution in [0, 0.1) is 5.92 Å². The molecule has 5 nitrogen and oxygen atoms in total. The Morgan fingerprint density at radius 1 is 1.11 bits per heavy atom. The van der Waals surface area contributed by atoms with Crippen molar-refractivity contribution >= 4 is 11.7 Å². The van der Waals surface area contributed by atoms with Crippen LogP contribution in [0.15, 0.2) is 24.3 Å². The summed E-state index contributed by atoms with van der Waals surface area (Å²) in [6.07, 6.45) is 7.29. The van der Waals surface area contributed by atoms with Crippen molar-refractivity contribution in [2.45, 2.75) is 62.1 Å². The quantitative estimate of drug-likeness (QED) is 0.801. The Hall–Kier alpha value is -1.59. The Bertz CT molecular complexity index is 715. The minimum absolute atomic E-state index is 0.106. The number of amides is 2.